The summed E-state index contributed by atoms with van der Waals surface area (Å²) in [6.45, 7) is 9.38. The fourth-order valence-electron chi connectivity index (χ4n) is 1.22. The van der Waals surface area contributed by atoms with Crippen LogP contribution in [0.5, 0.6) is 0 Å². The van der Waals surface area contributed by atoms with Crippen LogP contribution in [0.1, 0.15) is 18.6 Å². The minimum absolute atomic E-state index is 0.0744. The second kappa shape index (κ2) is 6.48. The number of anilines is 1. The maximum absolute atomic E-state index is 11.4. The van der Waals surface area contributed by atoms with Gasteiger partial charge in [0.15, 0.2) is 11.6 Å². The molecule has 0 aliphatic heterocycles. The minimum atomic E-state index is -0.333. The van der Waals surface area contributed by atoms with Crippen LogP contribution in [0.25, 0.3) is 12.2 Å². The van der Waals surface area contributed by atoms with Gasteiger partial charge in [0.1, 0.15) is 6.54 Å². The Morgan fingerprint density at radius 2 is 1.83 bits per heavy atom. The highest BCUT2D eigenvalue weighted by atomic mass is 16.5. The van der Waals surface area contributed by atoms with Crippen LogP contribution < -0.4 is 4.90 Å². The Kier molecular flexibility index (Phi) is 4.98. The van der Waals surface area contributed by atoms with Gasteiger partial charge in [-0.25, -0.2) is 4.98 Å². The summed E-state index contributed by atoms with van der Waals surface area (Å²) in [4.78, 5) is 25.3. The molecular formula is C12H16N4O2. The Morgan fingerprint density at radius 3 is 2.28 bits per heavy atom. The summed E-state index contributed by atoms with van der Waals surface area (Å²) in [5, 5.41) is 0. The van der Waals surface area contributed by atoms with E-state index in [1.165, 1.54) is 12.2 Å². The first kappa shape index (κ1) is 13.8. The Bertz CT molecular complexity index is 433. The molecule has 0 radical (unpaired) electrons. The molecule has 0 N–H and O–H groups in total. The van der Waals surface area contributed by atoms with Gasteiger partial charge in [0, 0.05) is 7.05 Å². The van der Waals surface area contributed by atoms with Crippen molar-refractivity contribution in [2.75, 3.05) is 25.1 Å². The predicted molar refractivity (Wildman–Crippen MR) is 69.9 cm³/mol. The molecule has 0 aliphatic carbocycles. The first-order chi connectivity index (χ1) is 8.60. The maximum Gasteiger partial charge on any atom is 0.325 e. The number of carbonyl (C=O) groups is 1. The van der Waals surface area contributed by atoms with E-state index in [1.54, 1.807) is 18.9 Å². The monoisotopic (exact) mass is 248 g/mol. The Hall–Kier alpha value is -2.24. The van der Waals surface area contributed by atoms with E-state index in [0.29, 0.717) is 24.2 Å². The van der Waals surface area contributed by atoms with Gasteiger partial charge in [-0.3, -0.25) is 4.79 Å². The molecule has 0 atom stereocenters. The Balaban J connectivity index is 2.90. The third-order valence-corrected chi connectivity index (χ3v) is 2.04. The van der Waals surface area contributed by atoms with Gasteiger partial charge in [0.25, 0.3) is 0 Å². The van der Waals surface area contributed by atoms with E-state index in [4.69, 9.17) is 4.74 Å². The summed E-state index contributed by atoms with van der Waals surface area (Å²) < 4.78 is 4.86. The largest absolute Gasteiger partial charge is 0.465 e. The van der Waals surface area contributed by atoms with Gasteiger partial charge >= 0.3 is 5.97 Å². The normalized spacial score (nSPS) is 9.67. The highest BCUT2D eigenvalue weighted by Gasteiger charge is 2.12. The zero-order valence-electron chi connectivity index (χ0n) is 10.6. The number of hydrogen-bond donors (Lipinski definition) is 0. The van der Waals surface area contributed by atoms with Gasteiger partial charge in [-0.15, -0.1) is 0 Å². The summed E-state index contributed by atoms with van der Waals surface area (Å²) in [7, 11) is 1.70. The fourth-order valence-corrected chi connectivity index (χ4v) is 1.22. The lowest BCUT2D eigenvalue weighted by molar-refractivity contribution is -0.141. The van der Waals surface area contributed by atoms with Gasteiger partial charge in [0.2, 0.25) is 5.95 Å². The molecule has 6 heteroatoms. The number of carbonyl (C=O) groups excluding carboxylic acids is 1. The molecular weight excluding hydrogens is 232 g/mol. The lowest BCUT2D eigenvalue weighted by atomic mass is 10.5. The smallest absolute Gasteiger partial charge is 0.325 e. The molecule has 18 heavy (non-hydrogen) atoms. The molecule has 0 saturated carbocycles. The van der Waals surface area contributed by atoms with Crippen molar-refractivity contribution >= 4 is 24.1 Å². The third-order valence-electron chi connectivity index (χ3n) is 2.04. The average molecular weight is 248 g/mol. The van der Waals surface area contributed by atoms with E-state index in [-0.39, 0.29) is 12.5 Å². The zero-order chi connectivity index (χ0) is 13.5. The van der Waals surface area contributed by atoms with Crippen molar-refractivity contribution < 1.29 is 9.53 Å². The van der Waals surface area contributed by atoms with E-state index in [1.807, 2.05) is 0 Å². The van der Waals surface area contributed by atoms with Crippen molar-refractivity contribution in [2.45, 2.75) is 6.92 Å². The molecule has 96 valence electrons. The fraction of sp³-hybridized carbons (Fsp3) is 0.333. The number of aromatic nitrogens is 3. The second-order valence-electron chi connectivity index (χ2n) is 3.42. The maximum atomic E-state index is 11.4. The summed E-state index contributed by atoms with van der Waals surface area (Å²) in [6.07, 6.45) is 3.02. The SMILES string of the molecule is C=Cc1nc(C=C)nc(N(C)CC(=O)OCC)n1. The number of hydrogen-bond acceptors (Lipinski definition) is 6. The van der Waals surface area contributed by atoms with Crippen molar-refractivity contribution in [3.63, 3.8) is 0 Å². The number of likely N-dealkylation sites (N-methyl/N-ethyl adjacent to an activating group) is 1. The van der Waals surface area contributed by atoms with Crippen molar-refractivity contribution in [2.24, 2.45) is 0 Å². The molecule has 1 aromatic rings. The van der Waals surface area contributed by atoms with Crippen LogP contribution >= 0.6 is 0 Å². The lowest BCUT2D eigenvalue weighted by Gasteiger charge is -2.16. The van der Waals surface area contributed by atoms with Crippen LogP contribution in [0.15, 0.2) is 13.2 Å². The molecule has 1 aromatic heterocycles. The number of esters is 1. The summed E-state index contributed by atoms with van der Waals surface area (Å²) in [6, 6.07) is 0. The van der Waals surface area contributed by atoms with Gasteiger partial charge in [-0.2, -0.15) is 9.97 Å². The van der Waals surface area contributed by atoms with Gasteiger partial charge in [-0.1, -0.05) is 13.2 Å². The van der Waals surface area contributed by atoms with Crippen LogP contribution in [0.4, 0.5) is 5.95 Å². The van der Waals surface area contributed by atoms with Crippen molar-refractivity contribution in [3.05, 3.63) is 24.8 Å². The molecule has 0 aromatic carbocycles. The Morgan fingerprint density at radius 1 is 1.28 bits per heavy atom. The van der Waals surface area contributed by atoms with Gasteiger partial charge in [0.05, 0.1) is 6.61 Å². The minimum Gasteiger partial charge on any atom is -0.465 e. The predicted octanol–water partition coefficient (Wildman–Crippen LogP) is 1.16. The van der Waals surface area contributed by atoms with Gasteiger partial charge < -0.3 is 9.64 Å². The van der Waals surface area contributed by atoms with E-state index >= 15 is 0 Å². The average Bonchev–Trinajstić information content (AvgIpc) is 2.38. The summed E-state index contributed by atoms with van der Waals surface area (Å²) in [5.74, 6) is 0.916. The molecule has 0 amide bonds. The molecule has 1 rings (SSSR count). The second-order valence-corrected chi connectivity index (χ2v) is 3.42. The first-order valence-electron chi connectivity index (χ1n) is 5.48. The highest BCUT2D eigenvalue weighted by molar-refractivity contribution is 5.74. The number of ether oxygens (including phenoxy) is 1. The van der Waals surface area contributed by atoms with Gasteiger partial charge in [-0.05, 0) is 19.1 Å². The van der Waals surface area contributed by atoms with Crippen molar-refractivity contribution in [3.8, 4) is 0 Å². The van der Waals surface area contributed by atoms with Crippen LogP contribution in [0.3, 0.4) is 0 Å². The number of nitrogens with zero attached hydrogens (tertiary/aromatic N) is 4. The first-order valence-corrected chi connectivity index (χ1v) is 5.48. The lowest BCUT2D eigenvalue weighted by Crippen LogP contribution is -2.29. The highest BCUT2D eigenvalue weighted by Crippen LogP contribution is 2.08. The number of rotatable bonds is 6. The van der Waals surface area contributed by atoms with E-state index < -0.39 is 0 Å². The van der Waals surface area contributed by atoms with Crippen LogP contribution in [0.2, 0.25) is 0 Å². The summed E-state index contributed by atoms with van der Waals surface area (Å²) >= 11 is 0. The molecule has 0 bridgehead atoms. The molecule has 6 nitrogen and oxygen atoms in total. The van der Waals surface area contributed by atoms with Crippen LogP contribution in [0, 0.1) is 0 Å². The van der Waals surface area contributed by atoms with Crippen molar-refractivity contribution in [1.82, 2.24) is 15.0 Å². The topological polar surface area (TPSA) is 68.2 Å². The quantitative estimate of drug-likeness (QED) is 0.704. The zero-order valence-corrected chi connectivity index (χ0v) is 10.6. The van der Waals surface area contributed by atoms with E-state index in [2.05, 4.69) is 28.1 Å². The third kappa shape index (κ3) is 3.65. The molecule has 0 saturated heterocycles. The standard InChI is InChI=1S/C12H16N4O2/c1-5-9-13-10(6-2)15-12(14-9)16(4)8-11(17)18-7-3/h5-6H,1-2,7-8H2,3-4H3. The van der Waals surface area contributed by atoms with E-state index in [9.17, 15) is 4.79 Å². The molecule has 0 fully saturated rings. The molecule has 0 spiro atoms. The van der Waals surface area contributed by atoms with Crippen LogP contribution in [-0.4, -0.2) is 41.1 Å². The van der Waals surface area contributed by atoms with Crippen LogP contribution in [-0.2, 0) is 9.53 Å². The molecule has 0 unspecified atom stereocenters. The van der Waals surface area contributed by atoms with E-state index in [0.717, 1.165) is 0 Å². The summed E-state index contributed by atoms with van der Waals surface area (Å²) in [5.41, 5.74) is 0. The molecule has 0 aliphatic rings. The van der Waals surface area contributed by atoms with Crippen molar-refractivity contribution in [1.29, 1.82) is 0 Å². The molecule has 1 heterocycles. The Labute approximate surface area is 106 Å².